The van der Waals surface area contributed by atoms with Gasteiger partial charge in [0, 0.05) is 37.8 Å². The van der Waals surface area contributed by atoms with Crippen LogP contribution in [0.4, 0.5) is 5.82 Å². The van der Waals surface area contributed by atoms with E-state index in [1.54, 1.807) is 6.33 Å². The molecule has 5 nitrogen and oxygen atoms in total. The van der Waals surface area contributed by atoms with Gasteiger partial charge >= 0.3 is 0 Å². The summed E-state index contributed by atoms with van der Waals surface area (Å²) in [5.41, 5.74) is 1.46. The molecule has 22 heavy (non-hydrogen) atoms. The van der Waals surface area contributed by atoms with Crippen LogP contribution in [-0.2, 0) is 0 Å². The van der Waals surface area contributed by atoms with Crippen LogP contribution in [0.15, 0.2) is 18.6 Å². The van der Waals surface area contributed by atoms with Crippen molar-refractivity contribution in [3.8, 4) is 0 Å². The first-order valence-electron chi connectivity index (χ1n) is 8.55. The molecule has 1 aliphatic carbocycles. The second-order valence-electron chi connectivity index (χ2n) is 6.99. The second kappa shape index (κ2) is 5.54. The first-order chi connectivity index (χ1) is 10.8. The van der Waals surface area contributed by atoms with Crippen LogP contribution in [0.5, 0.6) is 0 Å². The lowest BCUT2D eigenvalue weighted by atomic mass is 10.1. The fourth-order valence-electron chi connectivity index (χ4n) is 3.71. The third-order valence-electron chi connectivity index (χ3n) is 5.19. The zero-order chi connectivity index (χ0) is 15.0. The zero-order valence-corrected chi connectivity index (χ0v) is 13.4. The van der Waals surface area contributed by atoms with Crippen molar-refractivity contribution in [2.75, 3.05) is 37.6 Å². The highest BCUT2D eigenvalue weighted by Gasteiger charge is 2.46. The maximum Gasteiger partial charge on any atom is 0.142 e. The lowest BCUT2D eigenvalue weighted by Gasteiger charge is -2.25. The van der Waals surface area contributed by atoms with E-state index in [2.05, 4.69) is 37.7 Å². The summed E-state index contributed by atoms with van der Waals surface area (Å²) in [6.45, 7) is 8.16. The number of aromatic nitrogens is 3. The number of hydrogen-bond acceptors (Lipinski definition) is 4. The molecule has 5 heteroatoms. The number of unbranched alkanes of at least 4 members (excludes halogenated alkanes) is 1. The van der Waals surface area contributed by atoms with Crippen molar-refractivity contribution in [1.29, 1.82) is 0 Å². The standard InChI is InChI=1S/C17H25N5/c1-2-3-8-21-9-10-22(12-17(11-21)5-6-17)16-14-4-7-18-15(14)19-13-20-16/h4,7,13H,2-3,5-6,8-12H2,1H3,(H,18,19,20). The third-order valence-corrected chi connectivity index (χ3v) is 5.19. The lowest BCUT2D eigenvalue weighted by molar-refractivity contribution is 0.244. The number of rotatable bonds is 4. The van der Waals surface area contributed by atoms with Gasteiger partial charge in [0.2, 0.25) is 0 Å². The number of fused-ring (bicyclic) bond motifs is 1. The predicted octanol–water partition coefficient (Wildman–Crippen LogP) is 2.66. The first-order valence-corrected chi connectivity index (χ1v) is 8.55. The third kappa shape index (κ3) is 2.58. The van der Waals surface area contributed by atoms with Crippen LogP contribution in [0.2, 0.25) is 0 Å². The van der Waals surface area contributed by atoms with E-state index in [-0.39, 0.29) is 0 Å². The van der Waals surface area contributed by atoms with Crippen LogP contribution < -0.4 is 4.90 Å². The van der Waals surface area contributed by atoms with E-state index in [0.717, 1.165) is 36.5 Å². The van der Waals surface area contributed by atoms with Crippen molar-refractivity contribution < 1.29 is 0 Å². The Labute approximate surface area is 131 Å². The van der Waals surface area contributed by atoms with Crippen molar-refractivity contribution in [2.45, 2.75) is 32.6 Å². The molecule has 2 fully saturated rings. The molecule has 2 aliphatic rings. The first kappa shape index (κ1) is 14.0. The summed E-state index contributed by atoms with van der Waals surface area (Å²) in [7, 11) is 0. The molecule has 0 amide bonds. The molecule has 2 aromatic heterocycles. The van der Waals surface area contributed by atoms with E-state index < -0.39 is 0 Å². The summed E-state index contributed by atoms with van der Waals surface area (Å²) in [5, 5.41) is 1.15. The van der Waals surface area contributed by atoms with Gasteiger partial charge < -0.3 is 14.8 Å². The zero-order valence-electron chi connectivity index (χ0n) is 13.4. The van der Waals surface area contributed by atoms with Crippen LogP contribution in [0, 0.1) is 5.41 Å². The molecule has 0 aromatic carbocycles. The van der Waals surface area contributed by atoms with Gasteiger partial charge in [-0.1, -0.05) is 13.3 Å². The Kier molecular flexibility index (Phi) is 3.53. The van der Waals surface area contributed by atoms with Gasteiger partial charge in [-0.25, -0.2) is 9.97 Å². The van der Waals surface area contributed by atoms with Gasteiger partial charge in [-0.2, -0.15) is 0 Å². The Hall–Kier alpha value is -1.62. The Balaban J connectivity index is 1.59. The van der Waals surface area contributed by atoms with Gasteiger partial charge in [0.05, 0.1) is 5.39 Å². The van der Waals surface area contributed by atoms with Gasteiger partial charge in [0.1, 0.15) is 17.8 Å². The highest BCUT2D eigenvalue weighted by atomic mass is 15.3. The van der Waals surface area contributed by atoms with Gasteiger partial charge in [-0.05, 0) is 31.9 Å². The van der Waals surface area contributed by atoms with Crippen LogP contribution in [-0.4, -0.2) is 52.6 Å². The van der Waals surface area contributed by atoms with Crippen molar-refractivity contribution in [1.82, 2.24) is 19.9 Å². The Bertz CT molecular complexity index is 645. The van der Waals surface area contributed by atoms with Gasteiger partial charge in [-0.3, -0.25) is 0 Å². The van der Waals surface area contributed by atoms with Crippen molar-refractivity contribution >= 4 is 16.9 Å². The Morgan fingerprint density at radius 1 is 1.23 bits per heavy atom. The topological polar surface area (TPSA) is 48.1 Å². The molecule has 0 bridgehead atoms. The summed E-state index contributed by atoms with van der Waals surface area (Å²) in [5.74, 6) is 1.11. The smallest absolute Gasteiger partial charge is 0.142 e. The van der Waals surface area contributed by atoms with E-state index in [0.29, 0.717) is 5.41 Å². The fraction of sp³-hybridized carbons (Fsp3) is 0.647. The molecule has 4 rings (SSSR count). The van der Waals surface area contributed by atoms with E-state index in [9.17, 15) is 0 Å². The molecule has 2 aromatic rings. The largest absolute Gasteiger partial charge is 0.354 e. The van der Waals surface area contributed by atoms with Crippen LogP contribution in [0.1, 0.15) is 32.6 Å². The molecule has 1 aliphatic heterocycles. The number of anilines is 1. The molecular weight excluding hydrogens is 274 g/mol. The van der Waals surface area contributed by atoms with E-state index in [4.69, 9.17) is 0 Å². The molecule has 3 heterocycles. The van der Waals surface area contributed by atoms with Crippen LogP contribution >= 0.6 is 0 Å². The van der Waals surface area contributed by atoms with Crippen molar-refractivity contribution in [3.63, 3.8) is 0 Å². The molecule has 0 atom stereocenters. The SMILES string of the molecule is CCCCN1CCN(c2ncnc3[nH]ccc23)CC2(CC2)C1. The fourth-order valence-corrected chi connectivity index (χ4v) is 3.71. The highest BCUT2D eigenvalue weighted by Crippen LogP contribution is 2.48. The molecule has 0 radical (unpaired) electrons. The minimum Gasteiger partial charge on any atom is -0.354 e. The minimum atomic E-state index is 0.512. The quantitative estimate of drug-likeness (QED) is 0.943. The summed E-state index contributed by atoms with van der Waals surface area (Å²) in [4.78, 5) is 17.3. The molecule has 118 valence electrons. The van der Waals surface area contributed by atoms with Crippen molar-refractivity contribution in [2.24, 2.45) is 5.41 Å². The minimum absolute atomic E-state index is 0.512. The number of hydrogen-bond donors (Lipinski definition) is 1. The molecular formula is C17H25N5. The lowest BCUT2D eigenvalue weighted by Crippen LogP contribution is -2.31. The summed E-state index contributed by atoms with van der Waals surface area (Å²) >= 11 is 0. The van der Waals surface area contributed by atoms with Crippen molar-refractivity contribution in [3.05, 3.63) is 18.6 Å². The number of aromatic amines is 1. The maximum absolute atomic E-state index is 4.60. The Morgan fingerprint density at radius 2 is 2.14 bits per heavy atom. The monoisotopic (exact) mass is 299 g/mol. The summed E-state index contributed by atoms with van der Waals surface area (Å²) in [6, 6.07) is 2.10. The molecule has 1 saturated heterocycles. The number of H-pyrrole nitrogens is 1. The average Bonchev–Trinajstić information content (AvgIpc) is 3.17. The second-order valence-corrected chi connectivity index (χ2v) is 6.99. The molecule has 1 spiro atoms. The number of nitrogens with zero attached hydrogens (tertiary/aromatic N) is 4. The highest BCUT2D eigenvalue weighted by molar-refractivity contribution is 5.87. The van der Waals surface area contributed by atoms with Gasteiger partial charge in [0.25, 0.3) is 0 Å². The molecule has 1 N–H and O–H groups in total. The maximum atomic E-state index is 4.60. The number of nitrogens with one attached hydrogen (secondary N) is 1. The van der Waals surface area contributed by atoms with E-state index >= 15 is 0 Å². The summed E-state index contributed by atoms with van der Waals surface area (Å²) < 4.78 is 0. The Morgan fingerprint density at radius 3 is 2.95 bits per heavy atom. The molecule has 0 unspecified atom stereocenters. The predicted molar refractivity (Wildman–Crippen MR) is 89.1 cm³/mol. The van der Waals surface area contributed by atoms with Gasteiger partial charge in [0.15, 0.2) is 0 Å². The summed E-state index contributed by atoms with van der Waals surface area (Å²) in [6.07, 6.45) is 8.98. The normalized spacial score (nSPS) is 21.4. The van der Waals surface area contributed by atoms with Crippen LogP contribution in [0.3, 0.4) is 0 Å². The van der Waals surface area contributed by atoms with Crippen LogP contribution in [0.25, 0.3) is 11.0 Å². The van der Waals surface area contributed by atoms with E-state index in [1.165, 1.54) is 38.8 Å². The molecule has 1 saturated carbocycles. The average molecular weight is 299 g/mol. The van der Waals surface area contributed by atoms with E-state index in [1.807, 2.05) is 6.20 Å². The van der Waals surface area contributed by atoms with Gasteiger partial charge in [-0.15, -0.1) is 0 Å².